The van der Waals surface area contributed by atoms with E-state index >= 15 is 4.39 Å². The SMILES string of the molecule is CN1CCCC1CCNC(=O)c1cn2c3c(c(NCCCNC(=O)OC(C)(C)C)c(F)cc3c1=O)Oc1cc3ccccc3cc1-2. The molecule has 3 N–H and O–H groups in total. The van der Waals surface area contributed by atoms with Crippen molar-refractivity contribution in [3.05, 3.63) is 70.3 Å². The van der Waals surface area contributed by atoms with Gasteiger partial charge in [-0.05, 0) is 89.0 Å². The van der Waals surface area contributed by atoms with Crippen LogP contribution in [0.1, 0.15) is 56.8 Å². The minimum atomic E-state index is -0.683. The van der Waals surface area contributed by atoms with E-state index in [1.165, 1.54) is 12.3 Å². The molecule has 2 aliphatic heterocycles. The number of anilines is 1. The van der Waals surface area contributed by atoms with Crippen LogP contribution in [0.4, 0.5) is 14.9 Å². The number of alkyl carbamates (subject to hydrolysis) is 1. The van der Waals surface area contributed by atoms with Crippen molar-refractivity contribution in [1.29, 1.82) is 0 Å². The molecule has 1 atom stereocenters. The van der Waals surface area contributed by atoms with Crippen LogP contribution >= 0.6 is 0 Å². The van der Waals surface area contributed by atoms with Crippen LogP contribution in [0.15, 0.2) is 53.5 Å². The van der Waals surface area contributed by atoms with Crippen molar-refractivity contribution >= 4 is 39.4 Å². The van der Waals surface area contributed by atoms with E-state index in [1.807, 2.05) is 36.4 Å². The molecule has 1 fully saturated rings. The molecule has 0 radical (unpaired) electrons. The number of benzene rings is 3. The van der Waals surface area contributed by atoms with Gasteiger partial charge in [0.05, 0.1) is 11.1 Å². The molecule has 10 nitrogen and oxygen atoms in total. The molecule has 4 aromatic rings. The minimum Gasteiger partial charge on any atom is -0.451 e. The number of ether oxygens (including phenoxy) is 2. The summed E-state index contributed by atoms with van der Waals surface area (Å²) in [6.07, 6.45) is 4.48. The molecule has 0 bridgehead atoms. The van der Waals surface area contributed by atoms with Crippen molar-refractivity contribution in [3.8, 4) is 17.2 Å². The molecule has 2 aliphatic rings. The average Bonchev–Trinajstić information content (AvgIpc) is 3.41. The highest BCUT2D eigenvalue weighted by Crippen LogP contribution is 2.46. The molecule has 46 heavy (non-hydrogen) atoms. The molecule has 6 rings (SSSR count). The lowest BCUT2D eigenvalue weighted by Crippen LogP contribution is -2.34. The van der Waals surface area contributed by atoms with Gasteiger partial charge in [0, 0.05) is 31.9 Å². The molecule has 0 saturated carbocycles. The summed E-state index contributed by atoms with van der Waals surface area (Å²) in [5, 5.41) is 10.6. The fraction of sp³-hybridized carbons (Fsp3) is 0.400. The van der Waals surface area contributed by atoms with Gasteiger partial charge in [0.15, 0.2) is 17.3 Å². The number of amides is 2. The third-order valence-corrected chi connectivity index (χ3v) is 8.50. The standard InChI is InChI=1S/C35H40FN5O5/c1-35(2,3)46-34(44)39-14-8-13-37-29-26(36)19-24-30-32(29)45-28-18-22-10-6-5-9-21(22)17-27(28)41(30)20-25(31(24)42)33(43)38-15-12-23-11-7-16-40(23)4/h5-6,9-10,17-20,23,37H,7-8,11-16H2,1-4H3,(H,38,43)(H,39,44). The van der Waals surface area contributed by atoms with Crippen molar-refractivity contribution in [2.24, 2.45) is 0 Å². The first-order chi connectivity index (χ1) is 22.0. The average molecular weight is 630 g/mol. The maximum Gasteiger partial charge on any atom is 0.407 e. The zero-order chi connectivity index (χ0) is 32.6. The molecular formula is C35H40FN5O5. The fourth-order valence-electron chi connectivity index (χ4n) is 6.23. The van der Waals surface area contributed by atoms with Crippen molar-refractivity contribution in [2.75, 3.05) is 38.5 Å². The zero-order valence-electron chi connectivity index (χ0n) is 26.7. The molecule has 0 aliphatic carbocycles. The molecule has 1 saturated heterocycles. The highest BCUT2D eigenvalue weighted by molar-refractivity contribution is 6.02. The molecule has 0 spiro atoms. The van der Waals surface area contributed by atoms with Gasteiger partial charge in [0.2, 0.25) is 5.43 Å². The first kappa shape index (κ1) is 31.3. The number of carbonyl (C=O) groups excluding carboxylic acids is 2. The molecule has 242 valence electrons. The normalized spacial score (nSPS) is 15.8. The summed E-state index contributed by atoms with van der Waals surface area (Å²) >= 11 is 0. The number of aromatic nitrogens is 1. The lowest BCUT2D eigenvalue weighted by molar-refractivity contribution is 0.0527. The van der Waals surface area contributed by atoms with Crippen LogP contribution in [0.25, 0.3) is 27.4 Å². The van der Waals surface area contributed by atoms with Crippen molar-refractivity contribution in [2.45, 2.75) is 58.1 Å². The lowest BCUT2D eigenvalue weighted by atomic mass is 10.0. The van der Waals surface area contributed by atoms with Crippen molar-refractivity contribution in [1.82, 2.24) is 20.1 Å². The summed E-state index contributed by atoms with van der Waals surface area (Å²) in [7, 11) is 2.08. The lowest BCUT2D eigenvalue weighted by Gasteiger charge is -2.27. The van der Waals surface area contributed by atoms with Crippen LogP contribution in [0.3, 0.4) is 0 Å². The highest BCUT2D eigenvalue weighted by Gasteiger charge is 2.29. The van der Waals surface area contributed by atoms with Crippen LogP contribution < -0.4 is 26.1 Å². The van der Waals surface area contributed by atoms with Gasteiger partial charge in [-0.15, -0.1) is 0 Å². The Labute approximate surface area is 266 Å². The first-order valence-corrected chi connectivity index (χ1v) is 15.8. The molecule has 1 aromatic heterocycles. The van der Waals surface area contributed by atoms with Gasteiger partial charge in [0.1, 0.15) is 22.4 Å². The Kier molecular flexibility index (Phi) is 8.61. The van der Waals surface area contributed by atoms with E-state index < -0.39 is 28.8 Å². The quantitative estimate of drug-likeness (QED) is 0.173. The van der Waals surface area contributed by atoms with E-state index in [1.54, 1.807) is 25.3 Å². The Balaban J connectivity index is 1.33. The Morgan fingerprint density at radius 3 is 2.54 bits per heavy atom. The second-order valence-electron chi connectivity index (χ2n) is 13.0. The summed E-state index contributed by atoms with van der Waals surface area (Å²) in [6, 6.07) is 13.2. The number of nitrogens with zero attached hydrogens (tertiary/aromatic N) is 2. The third kappa shape index (κ3) is 6.37. The summed E-state index contributed by atoms with van der Waals surface area (Å²) in [5.74, 6) is -0.553. The Morgan fingerprint density at radius 2 is 1.83 bits per heavy atom. The van der Waals surface area contributed by atoms with Crippen LogP contribution in [0.2, 0.25) is 0 Å². The largest absolute Gasteiger partial charge is 0.451 e. The summed E-state index contributed by atoms with van der Waals surface area (Å²) in [4.78, 5) is 41.5. The van der Waals surface area contributed by atoms with E-state index in [0.717, 1.165) is 36.6 Å². The first-order valence-electron chi connectivity index (χ1n) is 15.8. The number of fused-ring (bicyclic) bond motifs is 3. The van der Waals surface area contributed by atoms with Gasteiger partial charge < -0.3 is 34.9 Å². The van der Waals surface area contributed by atoms with E-state index in [9.17, 15) is 14.4 Å². The second kappa shape index (κ2) is 12.6. The highest BCUT2D eigenvalue weighted by atomic mass is 19.1. The Morgan fingerprint density at radius 1 is 1.07 bits per heavy atom. The number of pyridine rings is 1. The van der Waals surface area contributed by atoms with Crippen LogP contribution in [-0.4, -0.2) is 66.3 Å². The van der Waals surface area contributed by atoms with Gasteiger partial charge in [-0.1, -0.05) is 24.3 Å². The van der Waals surface area contributed by atoms with Gasteiger partial charge in [-0.3, -0.25) is 9.59 Å². The topological polar surface area (TPSA) is 114 Å². The smallest absolute Gasteiger partial charge is 0.407 e. The Hall–Kier alpha value is -4.64. The maximum absolute atomic E-state index is 15.8. The van der Waals surface area contributed by atoms with E-state index in [4.69, 9.17) is 9.47 Å². The third-order valence-electron chi connectivity index (χ3n) is 8.50. The minimum absolute atomic E-state index is 0.0478. The van der Waals surface area contributed by atoms with E-state index in [-0.39, 0.29) is 22.4 Å². The van der Waals surface area contributed by atoms with E-state index in [2.05, 4.69) is 27.9 Å². The van der Waals surface area contributed by atoms with Crippen LogP contribution in [-0.2, 0) is 4.74 Å². The number of carbonyl (C=O) groups is 2. The predicted molar refractivity (Wildman–Crippen MR) is 177 cm³/mol. The number of likely N-dealkylation sites (tertiary alicyclic amines) is 1. The van der Waals surface area contributed by atoms with Crippen LogP contribution in [0.5, 0.6) is 11.5 Å². The number of halogens is 1. The van der Waals surface area contributed by atoms with Gasteiger partial charge >= 0.3 is 6.09 Å². The molecule has 3 heterocycles. The molecular weight excluding hydrogens is 589 g/mol. The number of hydrogen-bond donors (Lipinski definition) is 3. The molecule has 11 heteroatoms. The molecule has 3 aromatic carbocycles. The number of hydrogen-bond acceptors (Lipinski definition) is 7. The van der Waals surface area contributed by atoms with Crippen molar-refractivity contribution in [3.63, 3.8) is 0 Å². The van der Waals surface area contributed by atoms with E-state index in [0.29, 0.717) is 49.1 Å². The number of nitrogens with one attached hydrogen (secondary N) is 3. The monoisotopic (exact) mass is 629 g/mol. The van der Waals surface area contributed by atoms with Crippen molar-refractivity contribution < 1.29 is 23.5 Å². The maximum atomic E-state index is 15.8. The van der Waals surface area contributed by atoms with Gasteiger partial charge in [-0.25, -0.2) is 9.18 Å². The molecule has 1 unspecified atom stereocenters. The molecule has 2 amide bonds. The van der Waals surface area contributed by atoms with Gasteiger partial charge in [-0.2, -0.15) is 0 Å². The summed E-state index contributed by atoms with van der Waals surface area (Å²) in [6.45, 7) is 7.44. The number of rotatable bonds is 9. The zero-order valence-corrected chi connectivity index (χ0v) is 26.7. The summed E-state index contributed by atoms with van der Waals surface area (Å²) in [5.41, 5.74) is -0.143. The fourth-order valence-corrected chi connectivity index (χ4v) is 6.23. The van der Waals surface area contributed by atoms with Crippen LogP contribution in [0, 0.1) is 5.82 Å². The second-order valence-corrected chi connectivity index (χ2v) is 13.0. The summed E-state index contributed by atoms with van der Waals surface area (Å²) < 4.78 is 29.2. The van der Waals surface area contributed by atoms with Gasteiger partial charge in [0.25, 0.3) is 5.91 Å². The Bertz CT molecular complexity index is 1880. The predicted octanol–water partition coefficient (Wildman–Crippen LogP) is 5.93.